The van der Waals surface area contributed by atoms with Gasteiger partial charge in [-0.2, -0.15) is 0 Å². The number of imidazole rings is 1. The van der Waals surface area contributed by atoms with Crippen molar-refractivity contribution in [3.8, 4) is 0 Å². The summed E-state index contributed by atoms with van der Waals surface area (Å²) in [7, 11) is 1.69. The summed E-state index contributed by atoms with van der Waals surface area (Å²) in [5.41, 5.74) is 8.21. The van der Waals surface area contributed by atoms with Crippen LogP contribution in [0.15, 0.2) is 12.1 Å². The van der Waals surface area contributed by atoms with Crippen molar-refractivity contribution < 1.29 is 4.74 Å². The lowest BCUT2D eigenvalue weighted by Crippen LogP contribution is -2.29. The SMILES string of the molecule is COC(C)(C)Cn1c(N)nc2ccc(C)nc21. The van der Waals surface area contributed by atoms with Crippen LogP contribution < -0.4 is 5.73 Å². The number of aryl methyl sites for hydroxylation is 1. The minimum absolute atomic E-state index is 0.298. The molecular weight excluding hydrogens is 216 g/mol. The average Bonchev–Trinajstić information content (AvgIpc) is 2.56. The summed E-state index contributed by atoms with van der Waals surface area (Å²) >= 11 is 0. The number of hydrogen-bond donors (Lipinski definition) is 1. The highest BCUT2D eigenvalue weighted by Crippen LogP contribution is 2.20. The smallest absolute Gasteiger partial charge is 0.202 e. The molecule has 0 spiro atoms. The van der Waals surface area contributed by atoms with E-state index in [0.29, 0.717) is 12.5 Å². The maximum absolute atomic E-state index is 5.92. The quantitative estimate of drug-likeness (QED) is 0.878. The number of nitrogens with two attached hydrogens (primary N) is 1. The van der Waals surface area contributed by atoms with E-state index in [0.717, 1.165) is 16.9 Å². The molecule has 0 radical (unpaired) electrons. The van der Waals surface area contributed by atoms with E-state index in [-0.39, 0.29) is 5.60 Å². The van der Waals surface area contributed by atoms with Crippen molar-refractivity contribution in [3.63, 3.8) is 0 Å². The van der Waals surface area contributed by atoms with Crippen LogP contribution in [-0.2, 0) is 11.3 Å². The standard InChI is InChI=1S/C12H18N4O/c1-8-5-6-9-10(14-8)16(11(13)15-9)7-12(2,3)17-4/h5-6H,7H2,1-4H3,(H2,13,15). The van der Waals surface area contributed by atoms with Gasteiger partial charge in [0.2, 0.25) is 5.95 Å². The first kappa shape index (κ1) is 11.9. The number of nitrogen functional groups attached to an aromatic ring is 1. The summed E-state index contributed by atoms with van der Waals surface area (Å²) in [4.78, 5) is 8.78. The highest BCUT2D eigenvalue weighted by molar-refractivity contribution is 5.74. The molecule has 0 fully saturated rings. The van der Waals surface area contributed by atoms with Gasteiger partial charge in [0.25, 0.3) is 0 Å². The topological polar surface area (TPSA) is 66.0 Å². The molecule has 92 valence electrons. The Hall–Kier alpha value is -1.62. The number of ether oxygens (including phenoxy) is 1. The number of anilines is 1. The van der Waals surface area contributed by atoms with Crippen molar-refractivity contribution in [2.45, 2.75) is 32.9 Å². The Morgan fingerprint density at radius 1 is 1.35 bits per heavy atom. The lowest BCUT2D eigenvalue weighted by atomic mass is 10.1. The van der Waals surface area contributed by atoms with Crippen LogP contribution in [0, 0.1) is 6.92 Å². The first-order valence-corrected chi connectivity index (χ1v) is 5.57. The van der Waals surface area contributed by atoms with Crippen molar-refractivity contribution in [3.05, 3.63) is 17.8 Å². The fourth-order valence-electron chi connectivity index (χ4n) is 1.72. The molecule has 2 heterocycles. The van der Waals surface area contributed by atoms with Crippen molar-refractivity contribution in [2.24, 2.45) is 0 Å². The average molecular weight is 234 g/mol. The van der Waals surface area contributed by atoms with Gasteiger partial charge < -0.3 is 10.5 Å². The van der Waals surface area contributed by atoms with Crippen LogP contribution in [0.2, 0.25) is 0 Å². The van der Waals surface area contributed by atoms with E-state index in [1.54, 1.807) is 7.11 Å². The van der Waals surface area contributed by atoms with Gasteiger partial charge in [-0.1, -0.05) is 0 Å². The Morgan fingerprint density at radius 2 is 2.06 bits per heavy atom. The fraction of sp³-hybridized carbons (Fsp3) is 0.500. The summed E-state index contributed by atoms with van der Waals surface area (Å²) in [6.45, 7) is 6.60. The zero-order chi connectivity index (χ0) is 12.6. The third-order valence-electron chi connectivity index (χ3n) is 2.85. The van der Waals surface area contributed by atoms with Crippen molar-refractivity contribution in [1.29, 1.82) is 0 Å². The van der Waals surface area contributed by atoms with E-state index in [9.17, 15) is 0 Å². The predicted molar refractivity (Wildman–Crippen MR) is 67.8 cm³/mol. The number of nitrogens with zero attached hydrogens (tertiary/aromatic N) is 3. The zero-order valence-corrected chi connectivity index (χ0v) is 10.7. The van der Waals surface area contributed by atoms with Gasteiger partial charge in [-0.05, 0) is 32.9 Å². The first-order valence-electron chi connectivity index (χ1n) is 5.57. The maximum atomic E-state index is 5.92. The second kappa shape index (κ2) is 4.00. The van der Waals surface area contributed by atoms with Crippen molar-refractivity contribution >= 4 is 17.1 Å². The molecule has 17 heavy (non-hydrogen) atoms. The van der Waals surface area contributed by atoms with Crippen molar-refractivity contribution in [2.75, 3.05) is 12.8 Å². The fourth-order valence-corrected chi connectivity index (χ4v) is 1.72. The Morgan fingerprint density at radius 3 is 2.71 bits per heavy atom. The van der Waals surface area contributed by atoms with E-state index in [1.807, 2.05) is 37.5 Å². The van der Waals surface area contributed by atoms with Crippen LogP contribution in [-0.4, -0.2) is 27.2 Å². The number of rotatable bonds is 3. The lowest BCUT2D eigenvalue weighted by molar-refractivity contribution is 0.00936. The normalized spacial score (nSPS) is 12.2. The zero-order valence-electron chi connectivity index (χ0n) is 10.7. The summed E-state index contributed by atoms with van der Waals surface area (Å²) in [5, 5.41) is 0. The molecule has 2 rings (SSSR count). The third-order valence-corrected chi connectivity index (χ3v) is 2.85. The van der Waals surface area contributed by atoms with Crippen LogP contribution in [0.25, 0.3) is 11.2 Å². The molecule has 2 aromatic rings. The number of fused-ring (bicyclic) bond motifs is 1. The van der Waals surface area contributed by atoms with Gasteiger partial charge in [-0.3, -0.25) is 4.57 Å². The van der Waals surface area contributed by atoms with Gasteiger partial charge >= 0.3 is 0 Å². The highest BCUT2D eigenvalue weighted by Gasteiger charge is 2.21. The largest absolute Gasteiger partial charge is 0.377 e. The van der Waals surface area contributed by atoms with Gasteiger partial charge in [0, 0.05) is 12.8 Å². The van der Waals surface area contributed by atoms with Crippen LogP contribution in [0.3, 0.4) is 0 Å². The molecule has 0 saturated carbocycles. The van der Waals surface area contributed by atoms with E-state index >= 15 is 0 Å². The molecule has 5 heteroatoms. The van der Waals surface area contributed by atoms with Gasteiger partial charge in [-0.25, -0.2) is 9.97 Å². The van der Waals surface area contributed by atoms with Crippen LogP contribution in [0.5, 0.6) is 0 Å². The number of hydrogen-bond acceptors (Lipinski definition) is 4. The molecule has 2 aromatic heterocycles. The Kier molecular flexibility index (Phi) is 2.79. The molecule has 5 nitrogen and oxygen atoms in total. The molecule has 0 aromatic carbocycles. The van der Waals surface area contributed by atoms with Crippen LogP contribution in [0.4, 0.5) is 5.95 Å². The van der Waals surface area contributed by atoms with E-state index in [2.05, 4.69) is 9.97 Å². The summed E-state index contributed by atoms with van der Waals surface area (Å²) in [6.07, 6.45) is 0. The molecule has 0 saturated heterocycles. The van der Waals surface area contributed by atoms with Gasteiger partial charge in [0.05, 0.1) is 12.1 Å². The van der Waals surface area contributed by atoms with Gasteiger partial charge in [-0.15, -0.1) is 0 Å². The summed E-state index contributed by atoms with van der Waals surface area (Å²) in [5.74, 6) is 0.475. The molecule has 0 aliphatic heterocycles. The van der Waals surface area contributed by atoms with E-state index < -0.39 is 0 Å². The van der Waals surface area contributed by atoms with Gasteiger partial charge in [0.1, 0.15) is 5.52 Å². The molecule has 0 aliphatic rings. The van der Waals surface area contributed by atoms with Crippen LogP contribution in [0.1, 0.15) is 19.5 Å². The predicted octanol–water partition coefficient (Wildman–Crippen LogP) is 1.75. The highest BCUT2D eigenvalue weighted by atomic mass is 16.5. The Bertz CT molecular complexity index is 545. The monoisotopic (exact) mass is 234 g/mol. The van der Waals surface area contributed by atoms with Crippen molar-refractivity contribution in [1.82, 2.24) is 14.5 Å². The lowest BCUT2D eigenvalue weighted by Gasteiger charge is -2.23. The molecule has 0 aliphatic carbocycles. The molecule has 0 unspecified atom stereocenters. The second-order valence-electron chi connectivity index (χ2n) is 4.82. The minimum Gasteiger partial charge on any atom is -0.377 e. The molecule has 0 amide bonds. The van der Waals surface area contributed by atoms with E-state index in [4.69, 9.17) is 10.5 Å². The molecule has 0 atom stereocenters. The Balaban J connectivity index is 2.52. The van der Waals surface area contributed by atoms with Crippen LogP contribution >= 0.6 is 0 Å². The number of pyridine rings is 1. The number of aromatic nitrogens is 3. The maximum Gasteiger partial charge on any atom is 0.202 e. The minimum atomic E-state index is -0.298. The number of methoxy groups -OCH3 is 1. The second-order valence-corrected chi connectivity index (χ2v) is 4.82. The van der Waals surface area contributed by atoms with E-state index in [1.165, 1.54) is 0 Å². The summed E-state index contributed by atoms with van der Waals surface area (Å²) in [6, 6.07) is 3.87. The first-order chi connectivity index (χ1) is 7.93. The summed E-state index contributed by atoms with van der Waals surface area (Å²) < 4.78 is 7.31. The molecule has 0 bridgehead atoms. The molecular formula is C12H18N4O. The van der Waals surface area contributed by atoms with Gasteiger partial charge in [0.15, 0.2) is 5.65 Å². The Labute approximate surface area is 101 Å². The third kappa shape index (κ3) is 2.24. The molecule has 2 N–H and O–H groups in total.